The lowest BCUT2D eigenvalue weighted by Crippen LogP contribution is -2.30. The summed E-state index contributed by atoms with van der Waals surface area (Å²) >= 11 is 0. The molecule has 0 bridgehead atoms. The van der Waals surface area contributed by atoms with Crippen molar-refractivity contribution in [1.82, 2.24) is 20.1 Å². The summed E-state index contributed by atoms with van der Waals surface area (Å²) in [6.07, 6.45) is 3.14. The van der Waals surface area contributed by atoms with Crippen molar-refractivity contribution in [1.29, 1.82) is 0 Å². The molecule has 6 nitrogen and oxygen atoms in total. The van der Waals surface area contributed by atoms with Crippen LogP contribution in [0.2, 0.25) is 0 Å². The highest BCUT2D eigenvalue weighted by Crippen LogP contribution is 2.35. The minimum atomic E-state index is 0.325. The van der Waals surface area contributed by atoms with E-state index in [1.165, 1.54) is 6.42 Å². The first-order valence-corrected chi connectivity index (χ1v) is 8.34. The molecule has 1 N–H and O–H groups in total. The van der Waals surface area contributed by atoms with Gasteiger partial charge in [0.15, 0.2) is 11.5 Å². The molecule has 0 spiro atoms. The number of nitrogens with zero attached hydrogens (tertiary/aromatic N) is 3. The van der Waals surface area contributed by atoms with Crippen molar-refractivity contribution >= 4 is 0 Å². The molecular formula is C17H22N4O2. The lowest BCUT2D eigenvalue weighted by molar-refractivity contribution is 0.173. The number of ether oxygens (including phenoxy) is 2. The van der Waals surface area contributed by atoms with E-state index >= 15 is 0 Å². The number of nitrogens with one attached hydrogen (secondary N) is 1. The van der Waals surface area contributed by atoms with E-state index in [0.29, 0.717) is 12.7 Å². The summed E-state index contributed by atoms with van der Waals surface area (Å²) in [4.78, 5) is 0. The second-order valence-electron chi connectivity index (χ2n) is 6.18. The highest BCUT2D eigenvalue weighted by atomic mass is 16.7. The molecule has 6 heteroatoms. The molecule has 1 aromatic carbocycles. The second kappa shape index (κ2) is 6.20. The van der Waals surface area contributed by atoms with Crippen molar-refractivity contribution in [2.75, 3.05) is 13.3 Å². The molecule has 0 amide bonds. The summed E-state index contributed by atoms with van der Waals surface area (Å²) in [7, 11) is 0. The zero-order valence-electron chi connectivity index (χ0n) is 13.4. The van der Waals surface area contributed by atoms with Crippen LogP contribution in [0, 0.1) is 5.92 Å². The summed E-state index contributed by atoms with van der Waals surface area (Å²) in [6, 6.07) is 6.06. The molecule has 0 saturated heterocycles. The van der Waals surface area contributed by atoms with Crippen molar-refractivity contribution in [2.45, 2.75) is 39.3 Å². The Morgan fingerprint density at radius 3 is 3.17 bits per heavy atom. The van der Waals surface area contributed by atoms with E-state index in [1.54, 1.807) is 0 Å². The molecule has 0 saturated carbocycles. The van der Waals surface area contributed by atoms with E-state index in [-0.39, 0.29) is 0 Å². The molecule has 1 aromatic heterocycles. The Balaban J connectivity index is 1.35. The number of benzene rings is 1. The molecule has 2 aliphatic rings. The molecule has 4 rings (SSSR count). The molecule has 1 atom stereocenters. The maximum atomic E-state index is 5.56. The SMILES string of the molecule is CCc1nnc2n1CC(CNCc1cccc3c1OCO3)CC2. The van der Waals surface area contributed by atoms with Gasteiger partial charge in [-0.15, -0.1) is 10.2 Å². The maximum Gasteiger partial charge on any atom is 0.231 e. The average molecular weight is 314 g/mol. The Morgan fingerprint density at radius 2 is 2.26 bits per heavy atom. The first kappa shape index (κ1) is 14.5. The predicted octanol–water partition coefficient (Wildman–Crippen LogP) is 1.92. The second-order valence-corrected chi connectivity index (χ2v) is 6.18. The van der Waals surface area contributed by atoms with Gasteiger partial charge in [0.1, 0.15) is 11.6 Å². The zero-order valence-corrected chi connectivity index (χ0v) is 13.4. The van der Waals surface area contributed by atoms with E-state index < -0.39 is 0 Å². The minimum absolute atomic E-state index is 0.325. The van der Waals surface area contributed by atoms with Gasteiger partial charge in [-0.2, -0.15) is 0 Å². The van der Waals surface area contributed by atoms with E-state index in [9.17, 15) is 0 Å². The Bertz CT molecular complexity index is 684. The van der Waals surface area contributed by atoms with Crippen LogP contribution < -0.4 is 14.8 Å². The van der Waals surface area contributed by atoms with E-state index in [0.717, 1.165) is 61.2 Å². The molecule has 3 heterocycles. The Kier molecular flexibility index (Phi) is 3.91. The fourth-order valence-electron chi connectivity index (χ4n) is 3.42. The number of hydrogen-bond acceptors (Lipinski definition) is 5. The van der Waals surface area contributed by atoms with E-state index in [4.69, 9.17) is 9.47 Å². The fourth-order valence-corrected chi connectivity index (χ4v) is 3.42. The Hall–Kier alpha value is -2.08. The minimum Gasteiger partial charge on any atom is -0.454 e. The highest BCUT2D eigenvalue weighted by molar-refractivity contribution is 5.48. The number of hydrogen-bond donors (Lipinski definition) is 1. The van der Waals surface area contributed by atoms with Crippen molar-refractivity contribution < 1.29 is 9.47 Å². The third-order valence-corrected chi connectivity index (χ3v) is 4.66. The molecule has 0 radical (unpaired) electrons. The molecule has 122 valence electrons. The number of fused-ring (bicyclic) bond motifs is 2. The number of aryl methyl sites for hydroxylation is 2. The molecule has 0 fully saturated rings. The summed E-state index contributed by atoms with van der Waals surface area (Å²) in [5.41, 5.74) is 1.16. The largest absolute Gasteiger partial charge is 0.454 e. The third-order valence-electron chi connectivity index (χ3n) is 4.66. The van der Waals surface area contributed by atoms with Gasteiger partial charge in [0.25, 0.3) is 0 Å². The van der Waals surface area contributed by atoms with Crippen LogP contribution in [-0.4, -0.2) is 28.1 Å². The number of para-hydroxylation sites is 1. The third kappa shape index (κ3) is 2.79. The first-order chi connectivity index (χ1) is 11.3. The van der Waals surface area contributed by atoms with Crippen LogP contribution in [0.3, 0.4) is 0 Å². The molecule has 1 unspecified atom stereocenters. The molecule has 2 aromatic rings. The van der Waals surface area contributed by atoms with Gasteiger partial charge < -0.3 is 19.4 Å². The lowest BCUT2D eigenvalue weighted by atomic mass is 9.99. The smallest absolute Gasteiger partial charge is 0.231 e. The van der Waals surface area contributed by atoms with Crippen molar-refractivity contribution in [3.8, 4) is 11.5 Å². The fraction of sp³-hybridized carbons (Fsp3) is 0.529. The maximum absolute atomic E-state index is 5.56. The van der Waals surface area contributed by atoms with Gasteiger partial charge in [-0.1, -0.05) is 19.1 Å². The average Bonchev–Trinajstić information content (AvgIpc) is 3.21. The Labute approximate surface area is 135 Å². The van der Waals surface area contributed by atoms with Crippen LogP contribution in [0.5, 0.6) is 11.5 Å². The van der Waals surface area contributed by atoms with Crippen molar-refractivity contribution in [3.05, 3.63) is 35.4 Å². The molecule has 0 aliphatic carbocycles. The summed E-state index contributed by atoms with van der Waals surface area (Å²) in [5.74, 6) is 4.61. The van der Waals surface area contributed by atoms with Crippen LogP contribution in [0.1, 0.15) is 30.6 Å². The van der Waals surface area contributed by atoms with E-state index in [1.807, 2.05) is 12.1 Å². The molecule has 2 aliphatic heterocycles. The first-order valence-electron chi connectivity index (χ1n) is 8.34. The van der Waals surface area contributed by atoms with Crippen LogP contribution in [0.25, 0.3) is 0 Å². The van der Waals surface area contributed by atoms with Crippen molar-refractivity contribution in [3.63, 3.8) is 0 Å². The predicted molar refractivity (Wildman–Crippen MR) is 85.5 cm³/mol. The molecular weight excluding hydrogens is 292 g/mol. The van der Waals surface area contributed by atoms with Gasteiger partial charge in [0.05, 0.1) is 0 Å². The van der Waals surface area contributed by atoms with Gasteiger partial charge in [0, 0.05) is 31.5 Å². The van der Waals surface area contributed by atoms with Gasteiger partial charge in [-0.3, -0.25) is 0 Å². The summed E-state index contributed by atoms with van der Waals surface area (Å²) < 4.78 is 13.3. The van der Waals surface area contributed by atoms with Crippen LogP contribution in [0.15, 0.2) is 18.2 Å². The van der Waals surface area contributed by atoms with Crippen LogP contribution in [-0.2, 0) is 25.9 Å². The Morgan fingerprint density at radius 1 is 1.30 bits per heavy atom. The topological polar surface area (TPSA) is 61.2 Å². The summed E-state index contributed by atoms with van der Waals surface area (Å²) in [6.45, 7) is 5.28. The lowest BCUT2D eigenvalue weighted by Gasteiger charge is -2.24. The number of aromatic nitrogens is 3. The van der Waals surface area contributed by atoms with Gasteiger partial charge in [-0.05, 0) is 24.9 Å². The zero-order chi connectivity index (χ0) is 15.6. The van der Waals surface area contributed by atoms with Crippen LogP contribution in [0.4, 0.5) is 0 Å². The van der Waals surface area contributed by atoms with Gasteiger partial charge in [0.2, 0.25) is 6.79 Å². The van der Waals surface area contributed by atoms with Crippen molar-refractivity contribution in [2.24, 2.45) is 5.92 Å². The van der Waals surface area contributed by atoms with Crippen LogP contribution >= 0.6 is 0 Å². The molecule has 23 heavy (non-hydrogen) atoms. The summed E-state index contributed by atoms with van der Waals surface area (Å²) in [5, 5.41) is 12.1. The normalized spacial score (nSPS) is 18.9. The van der Waals surface area contributed by atoms with Gasteiger partial charge >= 0.3 is 0 Å². The number of rotatable bonds is 5. The monoisotopic (exact) mass is 314 g/mol. The van der Waals surface area contributed by atoms with Gasteiger partial charge in [-0.25, -0.2) is 0 Å². The quantitative estimate of drug-likeness (QED) is 0.913. The standard InChI is InChI=1S/C17H22N4O2/c1-2-15-19-20-16-7-6-12(10-21(15)16)8-18-9-13-4-3-5-14-17(13)23-11-22-14/h3-5,12,18H,2,6-11H2,1H3. The highest BCUT2D eigenvalue weighted by Gasteiger charge is 2.22. The van der Waals surface area contributed by atoms with E-state index in [2.05, 4.69) is 33.1 Å².